The van der Waals surface area contributed by atoms with E-state index in [2.05, 4.69) is 0 Å². The molecule has 0 fully saturated rings. The van der Waals surface area contributed by atoms with Crippen LogP contribution in [0.1, 0.15) is 11.1 Å². The van der Waals surface area contributed by atoms with Gasteiger partial charge >= 0.3 is 18.4 Å². The van der Waals surface area contributed by atoms with Gasteiger partial charge in [-0.05, 0) is 23.8 Å². The number of amides is 2. The lowest BCUT2D eigenvalue weighted by atomic mass is 10.1. The molecule has 0 aliphatic rings. The van der Waals surface area contributed by atoms with Crippen LogP contribution in [0.15, 0.2) is 18.2 Å². The number of anilines is 1. The van der Waals surface area contributed by atoms with Crippen molar-refractivity contribution in [2.24, 2.45) is 5.73 Å². The number of hydrogen-bond donors (Lipinski definition) is 3. The van der Waals surface area contributed by atoms with E-state index >= 15 is 0 Å². The van der Waals surface area contributed by atoms with Gasteiger partial charge in [-0.1, -0.05) is 0 Å². The van der Waals surface area contributed by atoms with Crippen LogP contribution < -0.4 is 16.4 Å². The van der Waals surface area contributed by atoms with Gasteiger partial charge in [0.25, 0.3) is 0 Å². The third-order valence-corrected chi connectivity index (χ3v) is 2.35. The zero-order valence-corrected chi connectivity index (χ0v) is 10.4. The Morgan fingerprint density at radius 3 is 2.24 bits per heavy atom. The molecule has 10 heteroatoms. The molecule has 0 aromatic heterocycles. The summed E-state index contributed by atoms with van der Waals surface area (Å²) in [5.41, 5.74) is 4.15. The summed E-state index contributed by atoms with van der Waals surface area (Å²) in [6, 6.07) is 1.15. The molecule has 0 atom stereocenters. The normalized spacial score (nSPS) is 12.1. The number of carbonyl (C=O) groups is 1. The van der Waals surface area contributed by atoms with E-state index in [1.165, 1.54) is 5.32 Å². The molecule has 0 aliphatic carbocycles. The highest BCUT2D eigenvalue weighted by molar-refractivity contribution is 5.90. The van der Waals surface area contributed by atoms with Gasteiger partial charge in [0.1, 0.15) is 6.54 Å². The lowest BCUT2D eigenvalue weighted by molar-refractivity contribution is -0.137. The second-order valence-corrected chi connectivity index (χ2v) is 4.00. The van der Waals surface area contributed by atoms with Gasteiger partial charge in [-0.3, -0.25) is 0 Å². The third kappa shape index (κ3) is 5.50. The van der Waals surface area contributed by atoms with E-state index in [4.69, 9.17) is 5.73 Å². The van der Waals surface area contributed by atoms with Gasteiger partial charge in [0.15, 0.2) is 0 Å². The van der Waals surface area contributed by atoms with Gasteiger partial charge in [-0.25, -0.2) is 4.79 Å². The fourth-order valence-corrected chi connectivity index (χ4v) is 1.41. The molecule has 0 saturated heterocycles. The van der Waals surface area contributed by atoms with E-state index in [1.807, 2.05) is 5.32 Å². The maximum atomic E-state index is 12.5. The first kappa shape index (κ1) is 17.1. The lowest BCUT2D eigenvalue weighted by Crippen LogP contribution is -2.36. The number of halogens is 6. The zero-order valence-electron chi connectivity index (χ0n) is 10.4. The predicted octanol–water partition coefficient (Wildman–Crippen LogP) is 2.85. The molecule has 0 bridgehead atoms. The number of alkyl halides is 6. The van der Waals surface area contributed by atoms with Crippen molar-refractivity contribution >= 4 is 11.7 Å². The van der Waals surface area contributed by atoms with Crippen molar-refractivity contribution in [2.45, 2.75) is 18.9 Å². The molecule has 0 aliphatic heterocycles. The molecular formula is C11H11F6N3O. The molecule has 4 N–H and O–H groups in total. The van der Waals surface area contributed by atoms with Crippen LogP contribution in [0.2, 0.25) is 0 Å². The highest BCUT2D eigenvalue weighted by Crippen LogP contribution is 2.31. The number of rotatable bonds is 3. The van der Waals surface area contributed by atoms with Crippen molar-refractivity contribution in [1.29, 1.82) is 0 Å². The SMILES string of the molecule is NCc1cc(C(F)(F)F)ccc1NC(=O)NCC(F)(F)F. The minimum atomic E-state index is -4.59. The molecule has 1 aromatic rings. The summed E-state index contributed by atoms with van der Waals surface area (Å²) < 4.78 is 73.1. The number of nitrogens with one attached hydrogen (secondary N) is 2. The van der Waals surface area contributed by atoms with Crippen molar-refractivity contribution in [3.05, 3.63) is 29.3 Å². The van der Waals surface area contributed by atoms with Gasteiger partial charge < -0.3 is 16.4 Å². The Bertz CT molecular complexity index is 512. The smallest absolute Gasteiger partial charge is 0.329 e. The van der Waals surface area contributed by atoms with Crippen LogP contribution in [-0.2, 0) is 12.7 Å². The fourth-order valence-electron chi connectivity index (χ4n) is 1.41. The van der Waals surface area contributed by atoms with E-state index in [1.54, 1.807) is 0 Å². The van der Waals surface area contributed by atoms with Gasteiger partial charge in [0.05, 0.1) is 5.56 Å². The van der Waals surface area contributed by atoms with E-state index < -0.39 is 30.5 Å². The van der Waals surface area contributed by atoms with E-state index in [0.29, 0.717) is 6.07 Å². The molecule has 1 aromatic carbocycles. The van der Waals surface area contributed by atoms with Gasteiger partial charge in [0, 0.05) is 12.2 Å². The Kier molecular flexibility index (Phi) is 5.05. The summed E-state index contributed by atoms with van der Waals surface area (Å²) in [4.78, 5) is 11.2. The summed E-state index contributed by atoms with van der Waals surface area (Å²) in [6.07, 6.45) is -9.17. The monoisotopic (exact) mass is 315 g/mol. The molecule has 0 unspecified atom stereocenters. The van der Waals surface area contributed by atoms with Crippen molar-refractivity contribution in [1.82, 2.24) is 5.32 Å². The summed E-state index contributed by atoms with van der Waals surface area (Å²) in [6.45, 7) is -1.88. The summed E-state index contributed by atoms with van der Waals surface area (Å²) >= 11 is 0. The Hall–Kier alpha value is -1.97. The molecule has 0 saturated carbocycles. The first-order chi connectivity index (χ1) is 9.53. The number of benzene rings is 1. The second-order valence-electron chi connectivity index (χ2n) is 4.00. The minimum Gasteiger partial charge on any atom is -0.329 e. The number of hydrogen-bond acceptors (Lipinski definition) is 2. The molecule has 0 heterocycles. The standard InChI is InChI=1S/C11H11F6N3O/c12-10(13,14)5-19-9(21)20-8-2-1-7(11(15,16)17)3-6(8)4-18/h1-3H,4-5,18H2,(H2,19,20,21). The van der Waals surface area contributed by atoms with Gasteiger partial charge in [0.2, 0.25) is 0 Å². The number of carbonyl (C=O) groups excluding carboxylic acids is 1. The van der Waals surface area contributed by atoms with Crippen molar-refractivity contribution in [3.8, 4) is 0 Å². The van der Waals surface area contributed by atoms with E-state index in [0.717, 1.165) is 12.1 Å². The molecule has 21 heavy (non-hydrogen) atoms. The molecule has 0 radical (unpaired) electrons. The van der Waals surface area contributed by atoms with Crippen LogP contribution >= 0.6 is 0 Å². The topological polar surface area (TPSA) is 67.1 Å². The summed E-state index contributed by atoms with van der Waals surface area (Å²) in [5.74, 6) is 0. The maximum absolute atomic E-state index is 12.5. The number of urea groups is 1. The first-order valence-electron chi connectivity index (χ1n) is 5.54. The first-order valence-corrected chi connectivity index (χ1v) is 5.54. The Morgan fingerprint density at radius 2 is 1.76 bits per heavy atom. The van der Waals surface area contributed by atoms with Crippen molar-refractivity contribution < 1.29 is 31.1 Å². The average molecular weight is 315 g/mol. The van der Waals surface area contributed by atoms with Crippen LogP contribution in [0.3, 0.4) is 0 Å². The minimum absolute atomic E-state index is 0.0491. The van der Waals surface area contributed by atoms with Crippen LogP contribution in [0.4, 0.5) is 36.8 Å². The van der Waals surface area contributed by atoms with Crippen LogP contribution in [0.25, 0.3) is 0 Å². The van der Waals surface area contributed by atoms with E-state index in [9.17, 15) is 31.1 Å². The summed E-state index contributed by atoms with van der Waals surface area (Å²) in [7, 11) is 0. The molecule has 4 nitrogen and oxygen atoms in total. The Balaban J connectivity index is 2.82. The van der Waals surface area contributed by atoms with E-state index in [-0.39, 0.29) is 17.8 Å². The van der Waals surface area contributed by atoms with Crippen LogP contribution in [0, 0.1) is 0 Å². The highest BCUT2D eigenvalue weighted by Gasteiger charge is 2.31. The Labute approximate surface area is 115 Å². The molecular weight excluding hydrogens is 304 g/mol. The Morgan fingerprint density at radius 1 is 1.14 bits per heavy atom. The molecule has 1 rings (SSSR count). The van der Waals surface area contributed by atoms with Gasteiger partial charge in [-0.2, -0.15) is 26.3 Å². The van der Waals surface area contributed by atoms with Crippen LogP contribution in [-0.4, -0.2) is 18.8 Å². The van der Waals surface area contributed by atoms with Crippen molar-refractivity contribution in [3.63, 3.8) is 0 Å². The lowest BCUT2D eigenvalue weighted by Gasteiger charge is -2.14. The summed E-state index contributed by atoms with van der Waals surface area (Å²) in [5, 5.41) is 3.54. The highest BCUT2D eigenvalue weighted by atomic mass is 19.4. The maximum Gasteiger partial charge on any atom is 0.416 e. The fraction of sp³-hybridized carbons (Fsp3) is 0.364. The average Bonchev–Trinajstić information content (AvgIpc) is 2.34. The third-order valence-electron chi connectivity index (χ3n) is 2.35. The predicted molar refractivity (Wildman–Crippen MR) is 62.4 cm³/mol. The molecule has 118 valence electrons. The molecule has 0 spiro atoms. The van der Waals surface area contributed by atoms with Gasteiger partial charge in [-0.15, -0.1) is 0 Å². The quantitative estimate of drug-likeness (QED) is 0.751. The van der Waals surface area contributed by atoms with Crippen LogP contribution in [0.5, 0.6) is 0 Å². The zero-order chi connectivity index (χ0) is 16.3. The second kappa shape index (κ2) is 6.20. The molecule has 2 amide bonds. The largest absolute Gasteiger partial charge is 0.416 e. The number of nitrogens with two attached hydrogens (primary N) is 1. The van der Waals surface area contributed by atoms with Crippen molar-refractivity contribution in [2.75, 3.05) is 11.9 Å².